The van der Waals surface area contributed by atoms with E-state index in [9.17, 15) is 9.82 Å². The van der Waals surface area contributed by atoms with Crippen molar-refractivity contribution >= 4 is 25.1 Å². The Kier molecular flexibility index (Phi) is 4.46. The molecule has 24 heavy (non-hydrogen) atoms. The van der Waals surface area contributed by atoms with Crippen molar-refractivity contribution in [2.24, 2.45) is 4.99 Å². The minimum Gasteiger partial charge on any atom is -0.439 e. The Morgan fingerprint density at radius 3 is 2.92 bits per heavy atom. The van der Waals surface area contributed by atoms with Gasteiger partial charge < -0.3 is 19.2 Å². The Hall–Kier alpha value is -2.51. The lowest BCUT2D eigenvalue weighted by Gasteiger charge is -2.09. The molecule has 0 saturated carbocycles. The number of hydrogen-bond acceptors (Lipinski definition) is 6. The number of aliphatic imine (C=N–C) groups is 1. The Balaban J connectivity index is 1.70. The summed E-state index contributed by atoms with van der Waals surface area (Å²) in [5.41, 5.74) is 1.70. The second kappa shape index (κ2) is 6.55. The zero-order valence-corrected chi connectivity index (χ0v) is 13.5. The van der Waals surface area contributed by atoms with Gasteiger partial charge in [0.25, 0.3) is 0 Å². The summed E-state index contributed by atoms with van der Waals surface area (Å²) in [5.74, 6) is 1.07. The topological polar surface area (TPSA) is 81.0 Å². The van der Waals surface area contributed by atoms with Gasteiger partial charge in [-0.05, 0) is 43.1 Å². The van der Waals surface area contributed by atoms with Crippen LogP contribution in [0.25, 0.3) is 0 Å². The highest BCUT2D eigenvalue weighted by molar-refractivity contribution is 6.61. The van der Waals surface area contributed by atoms with Crippen LogP contribution in [0.15, 0.2) is 41.5 Å². The maximum atomic E-state index is 10.8. The summed E-state index contributed by atoms with van der Waals surface area (Å²) >= 11 is 0. The molecule has 2 aromatic rings. The van der Waals surface area contributed by atoms with E-state index >= 15 is 0 Å². The minimum atomic E-state index is -0.860. The van der Waals surface area contributed by atoms with Crippen LogP contribution in [0.2, 0.25) is 0 Å². The number of rotatable bonds is 5. The van der Waals surface area contributed by atoms with Gasteiger partial charge in [0, 0.05) is 24.0 Å². The first-order valence-electron chi connectivity index (χ1n) is 7.55. The third-order valence-corrected chi connectivity index (χ3v) is 3.59. The molecule has 0 radical (unpaired) electrons. The van der Waals surface area contributed by atoms with Crippen LogP contribution in [0.5, 0.6) is 11.6 Å². The monoisotopic (exact) mass is 324 g/mol. The molecule has 0 amide bonds. The number of ether oxygens (including phenoxy) is 1. The fourth-order valence-electron chi connectivity index (χ4n) is 2.19. The number of carbonyl (C=O) groups excluding carboxylic acids is 1. The maximum Gasteiger partial charge on any atom is 0.491 e. The molecule has 0 saturated heterocycles. The van der Waals surface area contributed by atoms with Gasteiger partial charge in [-0.25, -0.2) is 4.98 Å². The molecule has 1 aromatic heterocycles. The Labute approximate surface area is 140 Å². The van der Waals surface area contributed by atoms with Gasteiger partial charge in [-0.3, -0.25) is 4.99 Å². The number of aldehydes is 1. The standard InChI is InChI=1S/C17H17BN2O4/c1-17(2,11-21)20-9-12-3-6-16(19-8-12)24-14-4-5-15-13(7-14)10-23-18(15)22/h3-9,11,22H,10H2,1-2H3/b20-9-. The molecule has 1 aromatic carbocycles. The number of benzene rings is 1. The third kappa shape index (κ3) is 3.69. The van der Waals surface area contributed by atoms with Gasteiger partial charge in [0.05, 0.1) is 6.61 Å². The molecule has 0 bridgehead atoms. The van der Waals surface area contributed by atoms with Crippen LogP contribution in [-0.4, -0.2) is 35.2 Å². The van der Waals surface area contributed by atoms with E-state index in [1.807, 2.05) is 12.1 Å². The molecule has 122 valence electrons. The summed E-state index contributed by atoms with van der Waals surface area (Å²) in [4.78, 5) is 19.3. The molecule has 0 atom stereocenters. The summed E-state index contributed by atoms with van der Waals surface area (Å²) in [7, 11) is -0.860. The molecule has 2 heterocycles. The summed E-state index contributed by atoms with van der Waals surface area (Å²) in [6.45, 7) is 3.83. The lowest BCUT2D eigenvalue weighted by atomic mass is 9.80. The fraction of sp³-hybridized carbons (Fsp3) is 0.235. The van der Waals surface area contributed by atoms with E-state index in [1.54, 1.807) is 44.5 Å². The molecule has 1 N–H and O–H groups in total. The first-order valence-corrected chi connectivity index (χ1v) is 7.55. The van der Waals surface area contributed by atoms with Crippen LogP contribution in [0.4, 0.5) is 0 Å². The molecule has 0 aliphatic carbocycles. The van der Waals surface area contributed by atoms with Crippen LogP contribution in [0, 0.1) is 0 Å². The molecule has 3 rings (SSSR count). The maximum absolute atomic E-state index is 10.8. The minimum absolute atomic E-state index is 0.364. The highest BCUT2D eigenvalue weighted by Crippen LogP contribution is 2.22. The van der Waals surface area contributed by atoms with Crippen LogP contribution < -0.4 is 10.2 Å². The van der Waals surface area contributed by atoms with Gasteiger partial charge in [-0.1, -0.05) is 6.07 Å². The van der Waals surface area contributed by atoms with E-state index in [4.69, 9.17) is 9.39 Å². The number of pyridine rings is 1. The average Bonchev–Trinajstić information content (AvgIpc) is 2.95. The largest absolute Gasteiger partial charge is 0.491 e. The van der Waals surface area contributed by atoms with Gasteiger partial charge in [0.1, 0.15) is 17.6 Å². The predicted molar refractivity (Wildman–Crippen MR) is 90.9 cm³/mol. The number of aromatic nitrogens is 1. The van der Waals surface area contributed by atoms with Gasteiger partial charge >= 0.3 is 7.12 Å². The number of hydrogen-bond donors (Lipinski definition) is 1. The van der Waals surface area contributed by atoms with Crippen LogP contribution in [-0.2, 0) is 16.1 Å². The highest BCUT2D eigenvalue weighted by Gasteiger charge is 2.27. The van der Waals surface area contributed by atoms with Gasteiger partial charge in [0.15, 0.2) is 0 Å². The lowest BCUT2D eigenvalue weighted by Crippen LogP contribution is -2.27. The molecule has 0 fully saturated rings. The van der Waals surface area contributed by atoms with Crippen molar-refractivity contribution < 1.29 is 19.2 Å². The van der Waals surface area contributed by atoms with Crippen molar-refractivity contribution in [1.82, 2.24) is 4.98 Å². The van der Waals surface area contributed by atoms with Crippen molar-refractivity contribution in [1.29, 1.82) is 0 Å². The SMILES string of the molecule is CC(C)(C=O)/N=C\c1ccc(Oc2ccc3c(c2)COB3O)nc1. The van der Waals surface area contributed by atoms with E-state index in [0.29, 0.717) is 18.2 Å². The zero-order chi connectivity index (χ0) is 17.2. The molecule has 0 unspecified atom stereocenters. The quantitative estimate of drug-likeness (QED) is 0.512. The van der Waals surface area contributed by atoms with Crippen molar-refractivity contribution in [3.8, 4) is 11.6 Å². The zero-order valence-electron chi connectivity index (χ0n) is 13.5. The fourth-order valence-corrected chi connectivity index (χ4v) is 2.19. The Morgan fingerprint density at radius 2 is 2.21 bits per heavy atom. The Bertz CT molecular complexity index is 775. The number of carbonyl (C=O) groups is 1. The molecule has 0 spiro atoms. The second-order valence-electron chi connectivity index (χ2n) is 6.09. The van der Waals surface area contributed by atoms with E-state index in [0.717, 1.165) is 22.9 Å². The normalized spacial score (nSPS) is 14.0. The van der Waals surface area contributed by atoms with Crippen molar-refractivity contribution in [3.05, 3.63) is 47.7 Å². The summed E-state index contributed by atoms with van der Waals surface area (Å²) in [6, 6.07) is 8.92. The van der Waals surface area contributed by atoms with Gasteiger partial charge in [0.2, 0.25) is 5.88 Å². The Morgan fingerprint density at radius 1 is 1.38 bits per heavy atom. The average molecular weight is 324 g/mol. The first kappa shape index (κ1) is 16.4. The molecule has 1 aliphatic rings. The van der Waals surface area contributed by atoms with Crippen LogP contribution in [0.3, 0.4) is 0 Å². The molecule has 7 heteroatoms. The highest BCUT2D eigenvalue weighted by atomic mass is 16.5. The lowest BCUT2D eigenvalue weighted by molar-refractivity contribution is -0.111. The first-order chi connectivity index (χ1) is 11.5. The van der Waals surface area contributed by atoms with Crippen LogP contribution in [0.1, 0.15) is 25.0 Å². The van der Waals surface area contributed by atoms with Gasteiger partial charge in [-0.2, -0.15) is 0 Å². The second-order valence-corrected chi connectivity index (χ2v) is 6.09. The predicted octanol–water partition coefficient (Wildman–Crippen LogP) is 1.49. The number of nitrogens with zero attached hydrogens (tertiary/aromatic N) is 2. The molecular weight excluding hydrogens is 307 g/mol. The summed E-state index contributed by atoms with van der Waals surface area (Å²) < 4.78 is 10.9. The molecule has 1 aliphatic heterocycles. The summed E-state index contributed by atoms with van der Waals surface area (Å²) in [6.07, 6.45) is 4.03. The van der Waals surface area contributed by atoms with Crippen LogP contribution >= 0.6 is 0 Å². The van der Waals surface area contributed by atoms with E-state index < -0.39 is 12.7 Å². The van der Waals surface area contributed by atoms with Crippen molar-refractivity contribution in [3.63, 3.8) is 0 Å². The smallest absolute Gasteiger partial charge is 0.439 e. The third-order valence-electron chi connectivity index (χ3n) is 3.59. The van der Waals surface area contributed by atoms with E-state index in [-0.39, 0.29) is 0 Å². The van der Waals surface area contributed by atoms with E-state index in [1.165, 1.54) is 0 Å². The van der Waals surface area contributed by atoms with Gasteiger partial charge in [-0.15, -0.1) is 0 Å². The summed E-state index contributed by atoms with van der Waals surface area (Å²) in [5, 5.41) is 9.61. The van der Waals surface area contributed by atoms with Crippen molar-refractivity contribution in [2.45, 2.75) is 26.0 Å². The van der Waals surface area contributed by atoms with Crippen molar-refractivity contribution in [2.75, 3.05) is 0 Å². The molecule has 6 nitrogen and oxygen atoms in total. The van der Waals surface area contributed by atoms with E-state index in [2.05, 4.69) is 9.98 Å². The molecular formula is C17H17BN2O4. The number of fused-ring (bicyclic) bond motifs is 1.